The number of hydrogen-bond acceptors (Lipinski definition) is 3. The summed E-state index contributed by atoms with van der Waals surface area (Å²) in [6, 6.07) is 18.4. The third-order valence-electron chi connectivity index (χ3n) is 7.15. The molecule has 3 aromatic rings. The molecule has 2 aliphatic heterocycles. The Hall–Kier alpha value is -2.76. The van der Waals surface area contributed by atoms with Crippen molar-refractivity contribution in [3.05, 3.63) is 100 Å². The van der Waals surface area contributed by atoms with Crippen LogP contribution in [0.5, 0.6) is 0 Å². The van der Waals surface area contributed by atoms with E-state index in [9.17, 15) is 8.78 Å². The van der Waals surface area contributed by atoms with Gasteiger partial charge in [-0.2, -0.15) is 0 Å². The summed E-state index contributed by atoms with van der Waals surface area (Å²) in [4.78, 5) is 8.25. The van der Waals surface area contributed by atoms with Crippen molar-refractivity contribution in [3.63, 3.8) is 0 Å². The van der Waals surface area contributed by atoms with Gasteiger partial charge in [0.05, 0.1) is 6.61 Å². The SMILES string of the molecule is CCCCNOCc1cc2c3c(c1)C(c1cccc(F)c1)CCN3CCC2c1cccc(F)c1. The normalized spacial score (nSPS) is 19.2. The Morgan fingerprint density at radius 3 is 2.00 bits per heavy atom. The molecule has 3 aromatic carbocycles. The van der Waals surface area contributed by atoms with Crippen LogP contribution in [0.1, 0.15) is 72.3 Å². The Labute approximate surface area is 200 Å². The zero-order valence-electron chi connectivity index (χ0n) is 19.7. The molecule has 0 saturated heterocycles. The van der Waals surface area contributed by atoms with Crippen molar-refractivity contribution < 1.29 is 13.6 Å². The zero-order chi connectivity index (χ0) is 23.5. The van der Waals surface area contributed by atoms with Crippen LogP contribution in [0.3, 0.4) is 0 Å². The van der Waals surface area contributed by atoms with E-state index in [-0.39, 0.29) is 23.5 Å². The second-order valence-electron chi connectivity index (χ2n) is 9.44. The fourth-order valence-corrected chi connectivity index (χ4v) is 5.54. The van der Waals surface area contributed by atoms with Gasteiger partial charge in [-0.05, 0) is 71.3 Å². The number of halogens is 2. The first-order valence-electron chi connectivity index (χ1n) is 12.4. The van der Waals surface area contributed by atoms with Gasteiger partial charge < -0.3 is 4.90 Å². The summed E-state index contributed by atoms with van der Waals surface area (Å²) in [5.41, 5.74) is 9.86. The fraction of sp³-hybridized carbons (Fsp3) is 0.379. The molecule has 0 aromatic heterocycles. The highest BCUT2D eigenvalue weighted by atomic mass is 19.1. The third-order valence-corrected chi connectivity index (χ3v) is 7.15. The summed E-state index contributed by atoms with van der Waals surface area (Å²) in [6.07, 6.45) is 4.06. The number of rotatable bonds is 8. The van der Waals surface area contributed by atoms with Gasteiger partial charge in [-0.25, -0.2) is 14.3 Å². The van der Waals surface area contributed by atoms with Gasteiger partial charge in [0.25, 0.3) is 0 Å². The average molecular weight is 463 g/mol. The minimum absolute atomic E-state index is 0.125. The summed E-state index contributed by atoms with van der Waals surface area (Å²) >= 11 is 0. The molecule has 5 rings (SSSR count). The van der Waals surface area contributed by atoms with E-state index in [0.717, 1.165) is 62.0 Å². The Morgan fingerprint density at radius 2 is 1.47 bits per heavy atom. The topological polar surface area (TPSA) is 24.5 Å². The van der Waals surface area contributed by atoms with E-state index in [0.29, 0.717) is 6.61 Å². The van der Waals surface area contributed by atoms with Gasteiger partial charge in [0, 0.05) is 37.2 Å². The molecular weight excluding hydrogens is 430 g/mol. The molecule has 2 atom stereocenters. The highest BCUT2D eigenvalue weighted by molar-refractivity contribution is 5.69. The lowest BCUT2D eigenvalue weighted by Gasteiger charge is -2.43. The smallest absolute Gasteiger partial charge is 0.123 e. The highest BCUT2D eigenvalue weighted by Crippen LogP contribution is 2.49. The Bertz CT molecular complexity index is 1070. The Morgan fingerprint density at radius 1 is 0.882 bits per heavy atom. The predicted molar refractivity (Wildman–Crippen MR) is 132 cm³/mol. The van der Waals surface area contributed by atoms with Gasteiger partial charge in [-0.1, -0.05) is 49.7 Å². The van der Waals surface area contributed by atoms with E-state index in [1.54, 1.807) is 24.3 Å². The molecule has 1 N–H and O–H groups in total. The van der Waals surface area contributed by atoms with Gasteiger partial charge in [-0.3, -0.25) is 4.84 Å². The number of hydrogen-bond donors (Lipinski definition) is 1. The van der Waals surface area contributed by atoms with Gasteiger partial charge in [0.15, 0.2) is 0 Å². The molecule has 2 unspecified atom stereocenters. The summed E-state index contributed by atoms with van der Waals surface area (Å²) in [6.45, 7) is 5.30. The van der Waals surface area contributed by atoms with Crippen molar-refractivity contribution in [1.82, 2.24) is 5.48 Å². The third kappa shape index (κ3) is 4.73. The quantitative estimate of drug-likeness (QED) is 0.299. The minimum atomic E-state index is -0.203. The van der Waals surface area contributed by atoms with Crippen LogP contribution >= 0.6 is 0 Å². The van der Waals surface area contributed by atoms with Crippen LogP contribution in [0, 0.1) is 11.6 Å². The first-order chi connectivity index (χ1) is 16.6. The monoisotopic (exact) mass is 462 g/mol. The van der Waals surface area contributed by atoms with Crippen LogP contribution in [-0.4, -0.2) is 19.6 Å². The van der Waals surface area contributed by atoms with Crippen LogP contribution in [-0.2, 0) is 11.4 Å². The maximum atomic E-state index is 14.1. The summed E-state index contributed by atoms with van der Waals surface area (Å²) in [5.74, 6) is -0.156. The van der Waals surface area contributed by atoms with Crippen molar-refractivity contribution in [2.45, 2.75) is 51.0 Å². The first kappa shape index (κ1) is 23.0. The van der Waals surface area contributed by atoms with Crippen molar-refractivity contribution >= 4 is 5.69 Å². The number of benzene rings is 3. The van der Waals surface area contributed by atoms with E-state index in [1.165, 1.54) is 28.9 Å². The van der Waals surface area contributed by atoms with Gasteiger partial charge in [0.1, 0.15) is 11.6 Å². The van der Waals surface area contributed by atoms with Crippen LogP contribution in [0.2, 0.25) is 0 Å². The zero-order valence-corrected chi connectivity index (χ0v) is 19.7. The molecular formula is C29H32F2N2O. The molecule has 5 heteroatoms. The fourth-order valence-electron chi connectivity index (χ4n) is 5.54. The minimum Gasteiger partial charge on any atom is -0.371 e. The largest absolute Gasteiger partial charge is 0.371 e. The van der Waals surface area contributed by atoms with Gasteiger partial charge >= 0.3 is 0 Å². The van der Waals surface area contributed by atoms with Crippen molar-refractivity contribution in [3.8, 4) is 0 Å². The lowest BCUT2D eigenvalue weighted by molar-refractivity contribution is 0.0274. The van der Waals surface area contributed by atoms with Crippen LogP contribution in [0.15, 0.2) is 60.7 Å². The molecule has 2 heterocycles. The molecule has 34 heavy (non-hydrogen) atoms. The maximum absolute atomic E-state index is 14.1. The Kier molecular flexibility index (Phi) is 6.93. The molecule has 0 fully saturated rings. The second kappa shape index (κ2) is 10.2. The second-order valence-corrected chi connectivity index (χ2v) is 9.44. The van der Waals surface area contributed by atoms with Gasteiger partial charge in [-0.15, -0.1) is 0 Å². The van der Waals surface area contributed by atoms with Crippen LogP contribution < -0.4 is 10.4 Å². The first-order valence-corrected chi connectivity index (χ1v) is 12.4. The van der Waals surface area contributed by atoms with E-state index in [1.807, 2.05) is 12.1 Å². The highest BCUT2D eigenvalue weighted by Gasteiger charge is 2.35. The van der Waals surface area contributed by atoms with Crippen LogP contribution in [0.4, 0.5) is 14.5 Å². The standard InChI is InChI=1S/C29H32F2N2O/c1-2-3-12-32-34-19-20-15-27-25(21-6-4-8-23(30)17-21)10-13-33-14-11-26(28(16-20)29(27)33)22-7-5-9-24(31)18-22/h4-9,15-18,25-26,32H,2-3,10-14,19H2,1H3. The summed E-state index contributed by atoms with van der Waals surface area (Å²) in [7, 11) is 0. The molecule has 0 bridgehead atoms. The molecule has 0 saturated carbocycles. The number of nitrogens with one attached hydrogen (secondary N) is 1. The predicted octanol–water partition coefficient (Wildman–Crippen LogP) is 6.66. The maximum Gasteiger partial charge on any atom is 0.123 e. The lowest BCUT2D eigenvalue weighted by atomic mass is 9.76. The molecule has 2 aliphatic rings. The number of nitrogens with zero attached hydrogens (tertiary/aromatic N) is 1. The van der Waals surface area contributed by atoms with Crippen molar-refractivity contribution in [2.24, 2.45) is 0 Å². The Balaban J connectivity index is 1.57. The van der Waals surface area contributed by atoms with Crippen LogP contribution in [0.25, 0.3) is 0 Å². The molecule has 0 radical (unpaired) electrons. The summed E-state index contributed by atoms with van der Waals surface area (Å²) < 4.78 is 28.3. The van der Waals surface area contributed by atoms with Crippen molar-refractivity contribution in [1.29, 1.82) is 0 Å². The number of hydroxylamine groups is 1. The molecule has 3 nitrogen and oxygen atoms in total. The van der Waals surface area contributed by atoms with E-state index < -0.39 is 0 Å². The van der Waals surface area contributed by atoms with E-state index >= 15 is 0 Å². The lowest BCUT2D eigenvalue weighted by Crippen LogP contribution is -2.37. The van der Waals surface area contributed by atoms with Gasteiger partial charge in [0.2, 0.25) is 0 Å². The molecule has 0 amide bonds. The van der Waals surface area contributed by atoms with Crippen molar-refractivity contribution in [2.75, 3.05) is 24.5 Å². The average Bonchev–Trinajstić information content (AvgIpc) is 2.84. The molecule has 0 aliphatic carbocycles. The number of unbranched alkanes of at least 4 members (excludes halogenated alkanes) is 1. The number of anilines is 1. The summed E-state index contributed by atoms with van der Waals surface area (Å²) in [5, 5.41) is 0. The molecule has 0 spiro atoms. The van der Waals surface area contributed by atoms with E-state index in [2.05, 4.69) is 29.4 Å². The van der Waals surface area contributed by atoms with E-state index in [4.69, 9.17) is 4.84 Å². The molecule has 178 valence electrons.